The summed E-state index contributed by atoms with van der Waals surface area (Å²) in [6.07, 6.45) is 5.51. The van der Waals surface area contributed by atoms with Crippen LogP contribution in [0.5, 0.6) is 0 Å². The molecule has 6 nitrogen and oxygen atoms in total. The number of hydrogen-bond acceptors (Lipinski definition) is 4. The number of aliphatic carboxylic acids is 2. The Balaban J connectivity index is 1.73. The molecule has 0 unspecified atom stereocenters. The molecule has 0 atom stereocenters. The van der Waals surface area contributed by atoms with E-state index in [4.69, 9.17) is 10.2 Å². The SMILES string of the molecule is Cn1c2ccc(C=CC(=O)O)cc2sc2cc3c(cc21)sc1cc(C=CC(=O)O)ccc1n3C. The van der Waals surface area contributed by atoms with Gasteiger partial charge in [0.2, 0.25) is 0 Å². The summed E-state index contributed by atoms with van der Waals surface area (Å²) in [4.78, 5) is 21.8. The Labute approximate surface area is 202 Å². The summed E-state index contributed by atoms with van der Waals surface area (Å²) in [6, 6.07) is 16.3. The number of rotatable bonds is 4. The monoisotopic (exact) mass is 488 g/mol. The Hall–Kier alpha value is -3.88. The molecule has 8 heteroatoms. The molecule has 170 valence electrons. The fourth-order valence-corrected chi connectivity index (χ4v) is 6.47. The summed E-state index contributed by atoms with van der Waals surface area (Å²) >= 11 is 3.36. The van der Waals surface area contributed by atoms with E-state index in [1.54, 1.807) is 34.8 Å². The number of hydrogen-bond donors (Lipinski definition) is 2. The Bertz CT molecular complexity index is 1610. The second-order valence-corrected chi connectivity index (χ2v) is 10.1. The van der Waals surface area contributed by atoms with Crippen LogP contribution in [0.3, 0.4) is 0 Å². The summed E-state index contributed by atoms with van der Waals surface area (Å²) < 4.78 is 8.73. The lowest BCUT2D eigenvalue weighted by atomic mass is 10.2. The first-order valence-electron chi connectivity index (χ1n) is 10.4. The third kappa shape index (κ3) is 3.98. The van der Waals surface area contributed by atoms with Gasteiger partial charge in [-0.25, -0.2) is 9.59 Å². The van der Waals surface area contributed by atoms with Crippen molar-refractivity contribution in [1.29, 1.82) is 0 Å². The molecule has 5 aromatic rings. The lowest BCUT2D eigenvalue weighted by Gasteiger charge is -2.15. The highest BCUT2D eigenvalue weighted by Gasteiger charge is 2.10. The number of aryl methyl sites for hydroxylation is 2. The molecule has 0 amide bonds. The van der Waals surface area contributed by atoms with Gasteiger partial charge in [0.25, 0.3) is 0 Å². The summed E-state index contributed by atoms with van der Waals surface area (Å²) in [5.41, 5.74) is 6.05. The van der Waals surface area contributed by atoms with Gasteiger partial charge in [-0.2, -0.15) is 0 Å². The van der Waals surface area contributed by atoms with E-state index >= 15 is 0 Å². The number of carboxylic acid groups (broad SMARTS) is 2. The first-order chi connectivity index (χ1) is 16.3. The predicted molar refractivity (Wildman–Crippen MR) is 141 cm³/mol. The maximum Gasteiger partial charge on any atom is 0.328 e. The van der Waals surface area contributed by atoms with Crippen molar-refractivity contribution >= 4 is 87.6 Å². The van der Waals surface area contributed by atoms with E-state index in [0.29, 0.717) is 0 Å². The molecule has 2 heterocycles. The zero-order valence-corrected chi connectivity index (χ0v) is 20.0. The van der Waals surface area contributed by atoms with Crippen molar-refractivity contribution in [2.24, 2.45) is 14.1 Å². The number of benzene rings is 3. The molecule has 0 spiro atoms. The van der Waals surface area contributed by atoms with E-state index in [0.717, 1.165) is 64.1 Å². The Morgan fingerprint density at radius 2 is 1.03 bits per heavy atom. The van der Waals surface area contributed by atoms with Gasteiger partial charge in [-0.15, -0.1) is 22.7 Å². The molecule has 0 bridgehead atoms. The summed E-state index contributed by atoms with van der Waals surface area (Å²) in [5, 5.41) is 17.8. The molecule has 0 aliphatic heterocycles. The van der Waals surface area contributed by atoms with Gasteiger partial charge in [0.1, 0.15) is 0 Å². The van der Waals surface area contributed by atoms with Gasteiger partial charge in [-0.1, -0.05) is 12.1 Å². The lowest BCUT2D eigenvalue weighted by Crippen LogP contribution is -1.98. The van der Waals surface area contributed by atoms with Crippen LogP contribution >= 0.6 is 22.7 Å². The molecule has 0 aliphatic rings. The summed E-state index contributed by atoms with van der Waals surface area (Å²) in [7, 11) is 4.08. The van der Waals surface area contributed by atoms with Crippen LogP contribution in [0.4, 0.5) is 0 Å². The number of aromatic nitrogens is 2. The second kappa shape index (κ2) is 8.48. The standard InChI is InChI=1S/C26H20N2O4S2/c1-27-17-7-3-15(5-9-25(29)30)11-21(17)33-23-14-20-24(13-19(23)27)34-22-12-16(6-10-26(31)32)4-8-18(22)28(20)2/h3-14H,1-2H3,(H,29,30)(H,31,32). The third-order valence-corrected chi connectivity index (χ3v) is 7.92. The molecule has 0 saturated carbocycles. The van der Waals surface area contributed by atoms with Crippen LogP contribution < -0.4 is 0 Å². The van der Waals surface area contributed by atoms with Crippen molar-refractivity contribution in [2.45, 2.75) is 0 Å². The minimum atomic E-state index is -0.967. The average molecular weight is 489 g/mol. The normalized spacial score (nSPS) is 12.1. The van der Waals surface area contributed by atoms with Gasteiger partial charge in [-0.05, 0) is 59.7 Å². The smallest absolute Gasteiger partial charge is 0.328 e. The Morgan fingerprint density at radius 1 is 0.647 bits per heavy atom. The van der Waals surface area contributed by atoms with Gasteiger partial charge in [0.15, 0.2) is 0 Å². The van der Waals surface area contributed by atoms with Crippen LogP contribution in [0.15, 0.2) is 60.7 Å². The molecule has 0 radical (unpaired) electrons. The first kappa shape index (κ1) is 21.9. The zero-order chi connectivity index (χ0) is 24.0. The summed E-state index contributed by atoms with van der Waals surface area (Å²) in [5.74, 6) is -1.93. The van der Waals surface area contributed by atoms with Gasteiger partial charge < -0.3 is 19.3 Å². The van der Waals surface area contributed by atoms with Crippen LogP contribution in [-0.2, 0) is 23.7 Å². The molecule has 0 aliphatic carbocycles. The quantitative estimate of drug-likeness (QED) is 0.226. The number of nitrogens with zero attached hydrogens (tertiary/aromatic N) is 2. The number of fused-ring (bicyclic) bond motifs is 4. The predicted octanol–water partition coefficient (Wildman–Crippen LogP) is 6.42. The molecule has 3 aromatic carbocycles. The Kier molecular flexibility index (Phi) is 5.47. The summed E-state index contributed by atoms with van der Waals surface area (Å²) in [6.45, 7) is 0. The maximum absolute atomic E-state index is 10.9. The van der Waals surface area contributed by atoms with Gasteiger partial charge in [0.05, 0.1) is 40.9 Å². The van der Waals surface area contributed by atoms with Crippen molar-refractivity contribution in [3.63, 3.8) is 0 Å². The minimum absolute atomic E-state index is 0.845. The lowest BCUT2D eigenvalue weighted by molar-refractivity contribution is -0.132. The van der Waals surface area contributed by atoms with Crippen LogP contribution in [-0.4, -0.2) is 31.3 Å². The highest BCUT2D eigenvalue weighted by Crippen LogP contribution is 2.35. The van der Waals surface area contributed by atoms with Crippen LogP contribution in [0.2, 0.25) is 0 Å². The average Bonchev–Trinajstić information content (AvgIpc) is 2.81. The minimum Gasteiger partial charge on any atom is -0.478 e. The molecule has 0 saturated heterocycles. The van der Waals surface area contributed by atoms with E-state index in [2.05, 4.69) is 21.3 Å². The number of carbonyl (C=O) groups is 2. The van der Waals surface area contributed by atoms with Crippen LogP contribution in [0.1, 0.15) is 11.1 Å². The van der Waals surface area contributed by atoms with Crippen molar-refractivity contribution in [1.82, 2.24) is 9.13 Å². The maximum atomic E-state index is 10.9. The molecule has 2 N–H and O–H groups in total. The molecule has 2 aromatic heterocycles. The van der Waals surface area contributed by atoms with E-state index in [-0.39, 0.29) is 0 Å². The topological polar surface area (TPSA) is 84.5 Å². The molecular weight excluding hydrogens is 468 g/mol. The fraction of sp³-hybridized carbons (Fsp3) is 0.0769. The van der Waals surface area contributed by atoms with Gasteiger partial charge in [0, 0.05) is 26.2 Å². The Morgan fingerprint density at radius 3 is 1.41 bits per heavy atom. The van der Waals surface area contributed by atoms with Gasteiger partial charge >= 0.3 is 11.9 Å². The first-order valence-corrected chi connectivity index (χ1v) is 12.0. The molecule has 34 heavy (non-hydrogen) atoms. The van der Waals surface area contributed by atoms with Crippen LogP contribution in [0.25, 0.3) is 53.0 Å². The zero-order valence-electron chi connectivity index (χ0n) is 18.4. The number of carboxylic acids is 2. The molecule has 0 fully saturated rings. The van der Waals surface area contributed by atoms with Crippen molar-refractivity contribution < 1.29 is 19.8 Å². The van der Waals surface area contributed by atoms with E-state index in [1.807, 2.05) is 50.5 Å². The van der Waals surface area contributed by atoms with Gasteiger partial charge in [-0.3, -0.25) is 0 Å². The van der Waals surface area contributed by atoms with E-state index < -0.39 is 11.9 Å². The van der Waals surface area contributed by atoms with E-state index in [1.165, 1.54) is 0 Å². The highest BCUT2D eigenvalue weighted by atomic mass is 32.1. The highest BCUT2D eigenvalue weighted by molar-refractivity contribution is 7.25. The largest absolute Gasteiger partial charge is 0.478 e. The molecule has 5 rings (SSSR count). The van der Waals surface area contributed by atoms with Crippen molar-refractivity contribution in [3.05, 3.63) is 71.8 Å². The van der Waals surface area contributed by atoms with E-state index in [9.17, 15) is 9.59 Å². The fourth-order valence-electron chi connectivity index (χ4n) is 4.04. The third-order valence-electron chi connectivity index (χ3n) is 5.73. The molecular formula is C26H20N2O4S2. The van der Waals surface area contributed by atoms with Crippen LogP contribution in [0, 0.1) is 0 Å². The second-order valence-electron chi connectivity index (χ2n) is 7.91. The van der Waals surface area contributed by atoms with Crippen molar-refractivity contribution in [2.75, 3.05) is 0 Å². The van der Waals surface area contributed by atoms with Crippen molar-refractivity contribution in [3.8, 4) is 0 Å².